The van der Waals surface area contributed by atoms with Crippen LogP contribution in [0.4, 0.5) is 13.2 Å². The number of benzene rings is 2. The fourth-order valence-corrected chi connectivity index (χ4v) is 2.77. The highest BCUT2D eigenvalue weighted by Crippen LogP contribution is 2.29. The molecule has 0 saturated carbocycles. The fraction of sp³-hybridized carbons (Fsp3) is 0.263. The molecule has 0 unspecified atom stereocenters. The lowest BCUT2D eigenvalue weighted by Gasteiger charge is -2.09. The molecular formula is C19H18F3N3O. The molecule has 0 aliphatic heterocycles. The first-order chi connectivity index (χ1) is 12.4. The minimum atomic E-state index is -4.40. The maximum atomic E-state index is 12.7. The van der Waals surface area contributed by atoms with Gasteiger partial charge in [-0.25, -0.2) is 4.98 Å². The highest BCUT2D eigenvalue weighted by Gasteiger charge is 2.30. The summed E-state index contributed by atoms with van der Waals surface area (Å²) in [5.74, 6) is -0.292. The molecule has 0 spiro atoms. The maximum Gasteiger partial charge on any atom is 0.416 e. The molecule has 1 heterocycles. The van der Waals surface area contributed by atoms with Crippen LogP contribution in [0.5, 0.6) is 0 Å². The van der Waals surface area contributed by atoms with Gasteiger partial charge in [0, 0.05) is 13.1 Å². The summed E-state index contributed by atoms with van der Waals surface area (Å²) in [6, 6.07) is 12.6. The summed E-state index contributed by atoms with van der Waals surface area (Å²) in [6.07, 6.45) is -2.01. The topological polar surface area (TPSA) is 46.9 Å². The van der Waals surface area contributed by atoms with Crippen molar-refractivity contribution in [2.24, 2.45) is 0 Å². The standard InChI is InChI=1S/C19H18F3N3O/c20-19(21,22)15-6-3-5-14(11-15)12-18(26)23-9-4-10-25-13-24-16-7-1-2-8-17(16)25/h1-3,5-8,11,13H,4,9-10,12H2,(H,23,26). The van der Waals surface area contributed by atoms with Gasteiger partial charge in [-0.3, -0.25) is 4.79 Å². The summed E-state index contributed by atoms with van der Waals surface area (Å²) in [7, 11) is 0. The second-order valence-corrected chi connectivity index (χ2v) is 6.01. The zero-order valence-corrected chi connectivity index (χ0v) is 14.0. The Labute approximate surface area is 148 Å². The lowest BCUT2D eigenvalue weighted by atomic mass is 10.1. The third-order valence-electron chi connectivity index (χ3n) is 4.04. The number of carbonyl (C=O) groups is 1. The van der Waals surface area contributed by atoms with Crippen LogP contribution in [-0.4, -0.2) is 22.0 Å². The van der Waals surface area contributed by atoms with Crippen LogP contribution in [0, 0.1) is 0 Å². The third kappa shape index (κ3) is 4.41. The minimum absolute atomic E-state index is 0.0715. The van der Waals surface area contributed by atoms with Crippen LogP contribution in [-0.2, 0) is 23.9 Å². The second-order valence-electron chi connectivity index (χ2n) is 6.01. The Hall–Kier alpha value is -2.83. The van der Waals surface area contributed by atoms with Gasteiger partial charge >= 0.3 is 6.18 Å². The largest absolute Gasteiger partial charge is 0.416 e. The first kappa shape index (κ1) is 18.0. The van der Waals surface area contributed by atoms with Crippen molar-refractivity contribution in [2.45, 2.75) is 25.6 Å². The normalized spacial score (nSPS) is 11.7. The van der Waals surface area contributed by atoms with Crippen LogP contribution in [0.15, 0.2) is 54.9 Å². The van der Waals surface area contributed by atoms with Crippen molar-refractivity contribution in [3.8, 4) is 0 Å². The number of imidazole rings is 1. The van der Waals surface area contributed by atoms with Gasteiger partial charge in [-0.15, -0.1) is 0 Å². The molecule has 0 bridgehead atoms. The fourth-order valence-electron chi connectivity index (χ4n) is 2.77. The number of nitrogens with one attached hydrogen (secondary N) is 1. The lowest BCUT2D eigenvalue weighted by Crippen LogP contribution is -2.26. The van der Waals surface area contributed by atoms with Crippen molar-refractivity contribution in [3.63, 3.8) is 0 Å². The van der Waals surface area contributed by atoms with E-state index in [0.717, 1.165) is 23.2 Å². The third-order valence-corrected chi connectivity index (χ3v) is 4.04. The van der Waals surface area contributed by atoms with E-state index in [1.54, 1.807) is 6.33 Å². The molecule has 0 radical (unpaired) electrons. The molecular weight excluding hydrogens is 343 g/mol. The van der Waals surface area contributed by atoms with E-state index >= 15 is 0 Å². The Bertz CT molecular complexity index is 902. The van der Waals surface area contributed by atoms with E-state index in [4.69, 9.17) is 0 Å². The van der Waals surface area contributed by atoms with Gasteiger partial charge in [-0.1, -0.05) is 30.3 Å². The van der Waals surface area contributed by atoms with Gasteiger partial charge < -0.3 is 9.88 Å². The number of hydrogen-bond donors (Lipinski definition) is 1. The Morgan fingerprint density at radius 2 is 1.92 bits per heavy atom. The number of aryl methyl sites for hydroxylation is 1. The number of para-hydroxylation sites is 2. The molecule has 0 fully saturated rings. The van der Waals surface area contributed by atoms with E-state index in [2.05, 4.69) is 10.3 Å². The van der Waals surface area contributed by atoms with Gasteiger partial charge in [0.05, 0.1) is 29.3 Å². The zero-order valence-electron chi connectivity index (χ0n) is 14.0. The molecule has 0 aliphatic rings. The van der Waals surface area contributed by atoms with Gasteiger partial charge in [0.15, 0.2) is 0 Å². The summed E-state index contributed by atoms with van der Waals surface area (Å²) in [5, 5.41) is 2.75. The Balaban J connectivity index is 1.47. The van der Waals surface area contributed by atoms with Crippen molar-refractivity contribution >= 4 is 16.9 Å². The van der Waals surface area contributed by atoms with E-state index < -0.39 is 11.7 Å². The quantitative estimate of drug-likeness (QED) is 0.679. The monoisotopic (exact) mass is 361 g/mol. The van der Waals surface area contributed by atoms with Crippen LogP contribution >= 0.6 is 0 Å². The molecule has 136 valence electrons. The van der Waals surface area contributed by atoms with Crippen LogP contribution < -0.4 is 5.32 Å². The van der Waals surface area contributed by atoms with Gasteiger partial charge in [0.25, 0.3) is 0 Å². The van der Waals surface area contributed by atoms with Crippen molar-refractivity contribution in [1.82, 2.24) is 14.9 Å². The van der Waals surface area contributed by atoms with Gasteiger partial charge in [-0.05, 0) is 30.2 Å². The van der Waals surface area contributed by atoms with Crippen molar-refractivity contribution < 1.29 is 18.0 Å². The zero-order chi connectivity index (χ0) is 18.6. The van der Waals surface area contributed by atoms with Crippen LogP contribution in [0.25, 0.3) is 11.0 Å². The number of rotatable bonds is 6. The van der Waals surface area contributed by atoms with Crippen LogP contribution in [0.3, 0.4) is 0 Å². The minimum Gasteiger partial charge on any atom is -0.356 e. The van der Waals surface area contributed by atoms with Gasteiger partial charge in [0.2, 0.25) is 5.91 Å². The molecule has 1 aromatic heterocycles. The average Bonchev–Trinajstić information content (AvgIpc) is 3.01. The molecule has 0 saturated heterocycles. The molecule has 4 nitrogen and oxygen atoms in total. The molecule has 0 aliphatic carbocycles. The van der Waals surface area contributed by atoms with E-state index in [0.29, 0.717) is 25.1 Å². The average molecular weight is 361 g/mol. The maximum absolute atomic E-state index is 12.7. The molecule has 1 N–H and O–H groups in total. The van der Waals surface area contributed by atoms with Gasteiger partial charge in [-0.2, -0.15) is 13.2 Å². The number of alkyl halides is 3. The number of fused-ring (bicyclic) bond motifs is 1. The first-order valence-corrected chi connectivity index (χ1v) is 8.26. The van der Waals surface area contributed by atoms with E-state index in [-0.39, 0.29) is 12.3 Å². The van der Waals surface area contributed by atoms with Crippen molar-refractivity contribution in [3.05, 3.63) is 66.0 Å². The summed E-state index contributed by atoms with van der Waals surface area (Å²) in [5.41, 5.74) is 1.55. The Kier molecular flexibility index (Phi) is 5.25. The van der Waals surface area contributed by atoms with Crippen molar-refractivity contribution in [1.29, 1.82) is 0 Å². The highest BCUT2D eigenvalue weighted by atomic mass is 19.4. The Morgan fingerprint density at radius 3 is 2.73 bits per heavy atom. The summed E-state index contributed by atoms with van der Waals surface area (Å²) < 4.78 is 40.1. The number of aromatic nitrogens is 2. The second kappa shape index (κ2) is 7.59. The first-order valence-electron chi connectivity index (χ1n) is 8.26. The van der Waals surface area contributed by atoms with Crippen LogP contribution in [0.2, 0.25) is 0 Å². The number of nitrogens with zero attached hydrogens (tertiary/aromatic N) is 2. The van der Waals surface area contributed by atoms with E-state index in [1.807, 2.05) is 28.8 Å². The van der Waals surface area contributed by atoms with E-state index in [1.165, 1.54) is 12.1 Å². The SMILES string of the molecule is O=C(Cc1cccc(C(F)(F)F)c1)NCCCn1cnc2ccccc21. The predicted octanol–water partition coefficient (Wildman–Crippen LogP) is 3.80. The summed E-state index contributed by atoms with van der Waals surface area (Å²) in [4.78, 5) is 16.2. The summed E-state index contributed by atoms with van der Waals surface area (Å²) >= 11 is 0. The summed E-state index contributed by atoms with van der Waals surface area (Å²) in [6.45, 7) is 1.15. The number of amides is 1. The van der Waals surface area contributed by atoms with Gasteiger partial charge in [0.1, 0.15) is 0 Å². The van der Waals surface area contributed by atoms with E-state index in [9.17, 15) is 18.0 Å². The number of hydrogen-bond acceptors (Lipinski definition) is 2. The molecule has 3 rings (SSSR count). The highest BCUT2D eigenvalue weighted by molar-refractivity contribution is 5.78. The molecule has 26 heavy (non-hydrogen) atoms. The predicted molar refractivity (Wildman–Crippen MR) is 92.5 cm³/mol. The van der Waals surface area contributed by atoms with Crippen molar-refractivity contribution in [2.75, 3.05) is 6.54 Å². The molecule has 7 heteroatoms. The lowest BCUT2D eigenvalue weighted by molar-refractivity contribution is -0.137. The molecule has 1 amide bonds. The number of halogens is 3. The molecule has 2 aromatic carbocycles. The Morgan fingerprint density at radius 1 is 1.12 bits per heavy atom. The molecule has 0 atom stereocenters. The smallest absolute Gasteiger partial charge is 0.356 e. The van der Waals surface area contributed by atoms with Crippen LogP contribution in [0.1, 0.15) is 17.5 Å². The number of carbonyl (C=O) groups excluding carboxylic acids is 1. The molecule has 3 aromatic rings.